The zero-order valence-electron chi connectivity index (χ0n) is 14.1. The van der Waals surface area contributed by atoms with Crippen LogP contribution in [-0.2, 0) is 12.5 Å². The van der Waals surface area contributed by atoms with Crippen molar-refractivity contribution in [2.75, 3.05) is 24.5 Å². The number of rotatable bonds is 2. The number of benzene rings is 1. The molecule has 1 aromatic heterocycles. The molecule has 6 rings (SSSR count). The van der Waals surface area contributed by atoms with Gasteiger partial charge >= 0.3 is 0 Å². The molecule has 1 aliphatic carbocycles. The fraction of sp³-hybridized carbons (Fsp3) is 0.600. The largest absolute Gasteiger partial charge is 0.358 e. The van der Waals surface area contributed by atoms with Gasteiger partial charge in [0.25, 0.3) is 0 Å². The van der Waals surface area contributed by atoms with Gasteiger partial charge in [-0.25, -0.2) is 0 Å². The molecule has 2 fully saturated rings. The monoisotopic (exact) mass is 309 g/mol. The van der Waals surface area contributed by atoms with Crippen LogP contribution in [-0.4, -0.2) is 24.2 Å². The minimum atomic E-state index is 0.211. The van der Waals surface area contributed by atoms with Crippen molar-refractivity contribution < 1.29 is 0 Å². The maximum atomic E-state index is 6.31. The first-order chi connectivity index (χ1) is 11.2. The molecule has 2 bridgehead atoms. The first-order valence-corrected chi connectivity index (χ1v) is 9.32. The Kier molecular flexibility index (Phi) is 2.88. The number of nitrogens with two attached hydrogens (primary N) is 1. The highest BCUT2D eigenvalue weighted by Crippen LogP contribution is 2.50. The van der Waals surface area contributed by atoms with Crippen LogP contribution in [0.3, 0.4) is 0 Å². The van der Waals surface area contributed by atoms with Crippen molar-refractivity contribution in [2.45, 2.75) is 49.9 Å². The van der Waals surface area contributed by atoms with E-state index in [1.54, 1.807) is 5.56 Å². The number of aryl methyl sites for hydroxylation is 1. The summed E-state index contributed by atoms with van der Waals surface area (Å²) >= 11 is 0. The zero-order chi connectivity index (χ0) is 15.6. The van der Waals surface area contributed by atoms with Gasteiger partial charge in [-0.2, -0.15) is 0 Å². The summed E-state index contributed by atoms with van der Waals surface area (Å²) in [5, 5.41) is 1.51. The van der Waals surface area contributed by atoms with Crippen molar-refractivity contribution in [1.82, 2.24) is 4.57 Å². The lowest BCUT2D eigenvalue weighted by atomic mass is 9.77. The van der Waals surface area contributed by atoms with Gasteiger partial charge in [0, 0.05) is 43.0 Å². The van der Waals surface area contributed by atoms with E-state index in [0.29, 0.717) is 0 Å². The average molecular weight is 309 g/mol. The van der Waals surface area contributed by atoms with Gasteiger partial charge in [-0.05, 0) is 37.2 Å². The van der Waals surface area contributed by atoms with Gasteiger partial charge in [0.15, 0.2) is 0 Å². The van der Waals surface area contributed by atoms with Crippen molar-refractivity contribution in [1.29, 1.82) is 0 Å². The Hall–Kier alpha value is -1.48. The second kappa shape index (κ2) is 4.76. The summed E-state index contributed by atoms with van der Waals surface area (Å²) in [5.41, 5.74) is 11.2. The van der Waals surface area contributed by atoms with E-state index < -0.39 is 0 Å². The Morgan fingerprint density at radius 3 is 2.61 bits per heavy atom. The topological polar surface area (TPSA) is 34.2 Å². The maximum Gasteiger partial charge on any atom is 0.112 e. The fourth-order valence-corrected chi connectivity index (χ4v) is 5.76. The van der Waals surface area contributed by atoms with E-state index in [1.807, 2.05) is 0 Å². The quantitative estimate of drug-likeness (QED) is 0.919. The highest BCUT2D eigenvalue weighted by Gasteiger charge is 2.40. The number of piperidine rings is 1. The molecule has 1 saturated heterocycles. The van der Waals surface area contributed by atoms with Gasteiger partial charge < -0.3 is 15.2 Å². The number of hydrogen-bond donors (Lipinski definition) is 1. The van der Waals surface area contributed by atoms with Gasteiger partial charge in [-0.1, -0.05) is 31.0 Å². The second-order valence-electron chi connectivity index (χ2n) is 7.95. The molecule has 0 unspecified atom stereocenters. The molecule has 2 N–H and O–H groups in total. The van der Waals surface area contributed by atoms with Gasteiger partial charge in [-0.3, -0.25) is 0 Å². The third-order valence-electron chi connectivity index (χ3n) is 6.95. The number of anilines is 1. The van der Waals surface area contributed by atoms with Crippen LogP contribution in [0.5, 0.6) is 0 Å². The molecule has 3 heteroatoms. The molecule has 3 nitrogen and oxygen atoms in total. The van der Waals surface area contributed by atoms with Crippen molar-refractivity contribution >= 4 is 16.7 Å². The Labute approximate surface area is 138 Å². The van der Waals surface area contributed by atoms with Crippen molar-refractivity contribution in [3.8, 4) is 0 Å². The molecule has 4 heterocycles. The standard InChI is InChI=1S/C20H27N3/c1-22-18-15(17-14-7-11-23(12-8-14)19(17)22)5-4-6-16(18)20(13-21)9-2-3-10-20/h4-6,14H,2-3,7-13,21H2,1H3. The van der Waals surface area contributed by atoms with E-state index in [9.17, 15) is 0 Å². The van der Waals surface area contributed by atoms with Gasteiger partial charge in [-0.15, -0.1) is 0 Å². The zero-order valence-corrected chi connectivity index (χ0v) is 14.1. The summed E-state index contributed by atoms with van der Waals surface area (Å²) in [7, 11) is 2.28. The first-order valence-electron chi connectivity index (χ1n) is 9.32. The van der Waals surface area contributed by atoms with Crippen molar-refractivity contribution in [3.05, 3.63) is 29.3 Å². The number of nitrogens with zero attached hydrogens (tertiary/aromatic N) is 2. The number of aromatic nitrogens is 1. The third-order valence-corrected chi connectivity index (χ3v) is 6.95. The van der Waals surface area contributed by atoms with Crippen LogP contribution in [0.15, 0.2) is 18.2 Å². The highest BCUT2D eigenvalue weighted by atomic mass is 15.3. The molecule has 3 aliphatic heterocycles. The molecule has 0 atom stereocenters. The minimum Gasteiger partial charge on any atom is -0.358 e. The fourth-order valence-electron chi connectivity index (χ4n) is 5.76. The molecular formula is C20H27N3. The van der Waals surface area contributed by atoms with Crippen LogP contribution in [0, 0.1) is 0 Å². The van der Waals surface area contributed by atoms with Gasteiger partial charge in [0.05, 0.1) is 5.52 Å². The van der Waals surface area contributed by atoms with Crippen LogP contribution in [0.4, 0.5) is 5.82 Å². The van der Waals surface area contributed by atoms with Gasteiger partial charge in [0.2, 0.25) is 0 Å². The summed E-state index contributed by atoms with van der Waals surface area (Å²) < 4.78 is 2.50. The summed E-state index contributed by atoms with van der Waals surface area (Å²) in [6.45, 7) is 3.26. The molecule has 23 heavy (non-hydrogen) atoms. The predicted octanol–water partition coefficient (Wildman–Crippen LogP) is 3.65. The Morgan fingerprint density at radius 1 is 1.17 bits per heavy atom. The Bertz CT molecular complexity index is 759. The van der Waals surface area contributed by atoms with Crippen LogP contribution in [0.25, 0.3) is 10.9 Å². The summed E-state index contributed by atoms with van der Waals surface area (Å²) in [5.74, 6) is 2.27. The maximum absolute atomic E-state index is 6.31. The molecular weight excluding hydrogens is 282 g/mol. The van der Waals surface area contributed by atoms with Crippen LogP contribution in [0.2, 0.25) is 0 Å². The van der Waals surface area contributed by atoms with Crippen LogP contribution < -0.4 is 10.6 Å². The predicted molar refractivity (Wildman–Crippen MR) is 96.3 cm³/mol. The minimum absolute atomic E-state index is 0.211. The molecule has 2 aromatic rings. The first kappa shape index (κ1) is 13.9. The van der Waals surface area contributed by atoms with E-state index >= 15 is 0 Å². The van der Waals surface area contributed by atoms with E-state index in [4.69, 9.17) is 5.73 Å². The molecule has 122 valence electrons. The van der Waals surface area contributed by atoms with E-state index in [0.717, 1.165) is 12.5 Å². The lowest BCUT2D eigenvalue weighted by Crippen LogP contribution is -2.39. The molecule has 1 aromatic carbocycles. The van der Waals surface area contributed by atoms with E-state index in [-0.39, 0.29) is 5.41 Å². The molecule has 1 saturated carbocycles. The average Bonchev–Trinajstić information content (AvgIpc) is 3.22. The lowest BCUT2D eigenvalue weighted by molar-refractivity contribution is 0.454. The SMILES string of the molecule is Cn1c2c(c3cccc(C4(CN)CCCC4)c31)C1CCN2CC1. The van der Waals surface area contributed by atoms with E-state index in [2.05, 4.69) is 34.7 Å². The van der Waals surface area contributed by atoms with Gasteiger partial charge in [0.1, 0.15) is 5.82 Å². The van der Waals surface area contributed by atoms with E-state index in [1.165, 1.54) is 73.9 Å². The van der Waals surface area contributed by atoms with Crippen LogP contribution in [0.1, 0.15) is 55.6 Å². The van der Waals surface area contributed by atoms with Crippen molar-refractivity contribution in [3.63, 3.8) is 0 Å². The van der Waals surface area contributed by atoms with Crippen LogP contribution >= 0.6 is 0 Å². The van der Waals surface area contributed by atoms with Crippen molar-refractivity contribution in [2.24, 2.45) is 12.8 Å². The number of fused-ring (bicyclic) bond motifs is 3. The Balaban J connectivity index is 1.82. The number of hydrogen-bond acceptors (Lipinski definition) is 2. The summed E-state index contributed by atoms with van der Waals surface area (Å²) in [6.07, 6.45) is 7.83. The number of para-hydroxylation sites is 1. The third kappa shape index (κ3) is 1.69. The molecule has 0 spiro atoms. The Morgan fingerprint density at radius 2 is 1.91 bits per heavy atom. The molecule has 0 radical (unpaired) electrons. The smallest absolute Gasteiger partial charge is 0.112 e. The summed E-state index contributed by atoms with van der Waals surface area (Å²) in [6, 6.07) is 7.01. The normalized spacial score (nSPS) is 23.0. The second-order valence-corrected chi connectivity index (χ2v) is 7.95. The molecule has 4 aliphatic rings. The summed E-state index contributed by atoms with van der Waals surface area (Å²) in [4.78, 5) is 2.61. The molecule has 0 amide bonds. The lowest BCUT2D eigenvalue weighted by Gasteiger charge is -2.41. The highest BCUT2D eigenvalue weighted by molar-refractivity contribution is 5.94.